The van der Waals surface area contributed by atoms with Gasteiger partial charge < -0.3 is 41.7 Å². The molecule has 16 heteroatoms. The molecule has 4 saturated carbocycles. The van der Waals surface area contributed by atoms with Crippen molar-refractivity contribution in [1.29, 1.82) is 0 Å². The second kappa shape index (κ2) is 22.7. The van der Waals surface area contributed by atoms with Crippen LogP contribution in [0.1, 0.15) is 101 Å². The van der Waals surface area contributed by atoms with Gasteiger partial charge in [0.15, 0.2) is 0 Å². The second-order valence-corrected chi connectivity index (χ2v) is 19.2. The zero-order chi connectivity index (χ0) is 47.4. The van der Waals surface area contributed by atoms with Gasteiger partial charge in [-0.2, -0.15) is 0 Å². The van der Waals surface area contributed by atoms with Crippen molar-refractivity contribution in [3.63, 3.8) is 0 Å². The van der Waals surface area contributed by atoms with Crippen LogP contribution in [-0.4, -0.2) is 94.9 Å². The summed E-state index contributed by atoms with van der Waals surface area (Å²) >= 11 is 0. The quantitative estimate of drug-likeness (QED) is 0.0724. The van der Waals surface area contributed by atoms with Crippen LogP contribution in [0.5, 0.6) is 5.75 Å². The fourth-order valence-electron chi connectivity index (χ4n) is 10.2. The number of phenolic OH excluding ortho intramolecular Hbond substituents is 1. The van der Waals surface area contributed by atoms with Crippen molar-refractivity contribution >= 4 is 41.4 Å². The van der Waals surface area contributed by atoms with E-state index in [0.29, 0.717) is 18.6 Å². The van der Waals surface area contributed by atoms with E-state index >= 15 is 0 Å². The molecule has 16 nitrogen and oxygen atoms in total. The van der Waals surface area contributed by atoms with Gasteiger partial charge in [-0.25, -0.2) is 4.79 Å². The minimum Gasteiger partial charge on any atom is -0.508 e. The standard InChI is InChI=1S/C50H65N7O9/c1-30(2)19-42(49(65)66-18-16-50-25-35-20-36(26-50)22-37(21-35)27-50)57-48(64)40(23-33-9-6-5-7-10-33)55-43(59)29-52-44(60)31(3)54-47(63)41(24-34-12-14-39(58)15-13-34)56-45(61)32(4)53-46(62)38-11-8-17-51-28-38/h5-15,17,28,30-32,35-37,40-42,58H,16,18-27,29H2,1-4H3,(H,52,60)(H,53,62)(H,54,63)(H,55,59)(H,56,61)(H,57,64)/t31-,32+,35?,36?,37?,40+,41+,42-,50?/m1/s1. The third-order valence-corrected chi connectivity index (χ3v) is 13.1. The third kappa shape index (κ3) is 14.1. The first-order valence-corrected chi connectivity index (χ1v) is 23.2. The van der Waals surface area contributed by atoms with Gasteiger partial charge in [0.05, 0.1) is 18.7 Å². The maximum atomic E-state index is 14.0. The van der Waals surface area contributed by atoms with Gasteiger partial charge in [-0.05, 0) is 130 Å². The fourth-order valence-corrected chi connectivity index (χ4v) is 10.2. The number of carbonyl (C=O) groups excluding carboxylic acids is 7. The number of nitrogens with zero attached hydrogens (tertiary/aromatic N) is 1. The van der Waals surface area contributed by atoms with Crippen LogP contribution < -0.4 is 31.9 Å². The van der Waals surface area contributed by atoms with Crippen molar-refractivity contribution < 1.29 is 43.4 Å². The highest BCUT2D eigenvalue weighted by Crippen LogP contribution is 2.61. The van der Waals surface area contributed by atoms with E-state index in [1.54, 1.807) is 18.2 Å². The van der Waals surface area contributed by atoms with E-state index in [-0.39, 0.29) is 35.5 Å². The number of hydrogen-bond acceptors (Lipinski definition) is 10. The molecule has 4 aliphatic carbocycles. The molecule has 1 heterocycles. The van der Waals surface area contributed by atoms with Crippen LogP contribution in [0.15, 0.2) is 79.1 Å². The van der Waals surface area contributed by atoms with E-state index in [4.69, 9.17) is 4.74 Å². The SMILES string of the molecule is CC(C)C[C@@H](NC(=O)[C@H](Cc1ccccc1)NC(=O)CNC(=O)[C@@H](C)NC(=O)[C@H](Cc1ccc(O)cc1)NC(=O)[C@H](C)NC(=O)c1cccnc1)C(=O)OCCC12CC3CC(CC(C3)C1)C2. The minimum atomic E-state index is -1.21. The zero-order valence-corrected chi connectivity index (χ0v) is 38.3. The first-order chi connectivity index (χ1) is 31.5. The number of hydrogen-bond donors (Lipinski definition) is 7. The van der Waals surface area contributed by atoms with Gasteiger partial charge in [0.25, 0.3) is 5.91 Å². The Labute approximate surface area is 386 Å². The van der Waals surface area contributed by atoms with E-state index in [1.807, 2.05) is 44.2 Å². The predicted molar refractivity (Wildman–Crippen MR) is 245 cm³/mol. The molecule has 354 valence electrons. The summed E-state index contributed by atoms with van der Waals surface area (Å²) in [7, 11) is 0. The molecule has 7 N–H and O–H groups in total. The maximum absolute atomic E-state index is 14.0. The fraction of sp³-hybridized carbons (Fsp3) is 0.520. The summed E-state index contributed by atoms with van der Waals surface area (Å²) in [5.41, 5.74) is 1.83. The smallest absolute Gasteiger partial charge is 0.328 e. The van der Waals surface area contributed by atoms with E-state index in [9.17, 15) is 38.7 Å². The van der Waals surface area contributed by atoms with Crippen LogP contribution in [0, 0.1) is 29.1 Å². The number of rotatable bonds is 22. The molecular formula is C50H65N7O9. The second-order valence-electron chi connectivity index (χ2n) is 19.2. The Balaban J connectivity index is 1.03. The van der Waals surface area contributed by atoms with Crippen molar-refractivity contribution in [2.75, 3.05) is 13.2 Å². The minimum absolute atomic E-state index is 0.00398. The summed E-state index contributed by atoms with van der Waals surface area (Å²) < 4.78 is 5.88. The molecule has 0 aliphatic heterocycles. The number of ether oxygens (including phenoxy) is 1. The lowest BCUT2D eigenvalue weighted by Gasteiger charge is -2.57. The van der Waals surface area contributed by atoms with E-state index in [2.05, 4.69) is 36.9 Å². The van der Waals surface area contributed by atoms with Crippen LogP contribution in [-0.2, 0) is 46.3 Å². The molecule has 2 aromatic carbocycles. The Morgan fingerprint density at radius 2 is 1.24 bits per heavy atom. The first kappa shape index (κ1) is 49.1. The van der Waals surface area contributed by atoms with E-state index in [0.717, 1.165) is 29.7 Å². The number of carbonyl (C=O) groups is 7. The van der Waals surface area contributed by atoms with Gasteiger partial charge in [-0.3, -0.25) is 33.8 Å². The number of amides is 6. The topological polar surface area (TPSA) is 234 Å². The number of nitrogens with one attached hydrogen (secondary N) is 6. The lowest BCUT2D eigenvalue weighted by atomic mass is 9.49. The predicted octanol–water partition coefficient (Wildman–Crippen LogP) is 3.66. The summed E-state index contributed by atoms with van der Waals surface area (Å²) in [5.74, 6) is -2.00. The molecule has 6 amide bonds. The van der Waals surface area contributed by atoms with Gasteiger partial charge >= 0.3 is 5.97 Å². The molecule has 0 unspecified atom stereocenters. The summed E-state index contributed by atoms with van der Waals surface area (Å²) in [4.78, 5) is 97.7. The number of aromatic hydroxyl groups is 1. The Kier molecular flexibility index (Phi) is 16.9. The molecule has 4 bridgehead atoms. The molecule has 1 aromatic heterocycles. The Morgan fingerprint density at radius 3 is 1.85 bits per heavy atom. The maximum Gasteiger partial charge on any atom is 0.328 e. The molecule has 0 spiro atoms. The molecule has 5 atom stereocenters. The van der Waals surface area contributed by atoms with Crippen molar-refractivity contribution in [1.82, 2.24) is 36.9 Å². The largest absolute Gasteiger partial charge is 0.508 e. The van der Waals surface area contributed by atoms with Gasteiger partial charge in [-0.15, -0.1) is 0 Å². The average molecular weight is 908 g/mol. The number of pyridine rings is 1. The van der Waals surface area contributed by atoms with Crippen LogP contribution >= 0.6 is 0 Å². The highest BCUT2D eigenvalue weighted by atomic mass is 16.5. The molecule has 4 aliphatic rings. The van der Waals surface area contributed by atoms with Gasteiger partial charge in [-0.1, -0.05) is 56.3 Å². The van der Waals surface area contributed by atoms with Gasteiger partial charge in [0.2, 0.25) is 29.5 Å². The van der Waals surface area contributed by atoms with Crippen LogP contribution in [0.2, 0.25) is 0 Å². The molecular weight excluding hydrogens is 843 g/mol. The van der Waals surface area contributed by atoms with E-state index < -0.39 is 78.2 Å². The number of esters is 1. The summed E-state index contributed by atoms with van der Waals surface area (Å²) in [5, 5.41) is 25.7. The summed E-state index contributed by atoms with van der Waals surface area (Å²) in [6.45, 7) is 6.53. The summed E-state index contributed by atoms with van der Waals surface area (Å²) in [6.07, 6.45) is 11.7. The first-order valence-electron chi connectivity index (χ1n) is 23.2. The Bertz CT molecular complexity index is 2130. The Morgan fingerprint density at radius 1 is 0.667 bits per heavy atom. The van der Waals surface area contributed by atoms with Gasteiger partial charge in [0.1, 0.15) is 36.0 Å². The molecule has 0 radical (unpaired) electrons. The monoisotopic (exact) mass is 907 g/mol. The highest BCUT2D eigenvalue weighted by molar-refractivity contribution is 5.99. The molecule has 7 rings (SSSR count). The molecule has 66 heavy (non-hydrogen) atoms. The van der Waals surface area contributed by atoms with Gasteiger partial charge in [0, 0.05) is 25.2 Å². The van der Waals surface area contributed by atoms with E-state index in [1.165, 1.54) is 83.0 Å². The molecule has 3 aromatic rings. The lowest BCUT2D eigenvalue weighted by molar-refractivity contribution is -0.151. The third-order valence-electron chi connectivity index (χ3n) is 13.1. The highest BCUT2D eigenvalue weighted by Gasteiger charge is 2.50. The average Bonchev–Trinajstić information content (AvgIpc) is 3.28. The van der Waals surface area contributed by atoms with Crippen LogP contribution in [0.25, 0.3) is 0 Å². The van der Waals surface area contributed by atoms with Crippen LogP contribution in [0.3, 0.4) is 0 Å². The summed E-state index contributed by atoms with van der Waals surface area (Å²) in [6, 6.07) is 12.7. The Hall–Kier alpha value is -6.32. The molecule has 4 fully saturated rings. The van der Waals surface area contributed by atoms with Crippen LogP contribution in [0.4, 0.5) is 0 Å². The number of phenols is 1. The van der Waals surface area contributed by atoms with Crippen molar-refractivity contribution in [2.24, 2.45) is 29.1 Å². The number of aromatic nitrogens is 1. The van der Waals surface area contributed by atoms with Crippen molar-refractivity contribution in [3.05, 3.63) is 95.8 Å². The molecule has 0 saturated heterocycles. The van der Waals surface area contributed by atoms with Crippen molar-refractivity contribution in [2.45, 2.75) is 122 Å². The normalized spacial score (nSPS) is 21.6. The van der Waals surface area contributed by atoms with Crippen molar-refractivity contribution in [3.8, 4) is 5.75 Å². The number of benzene rings is 2. The zero-order valence-electron chi connectivity index (χ0n) is 38.3. The lowest BCUT2D eigenvalue weighted by Crippen LogP contribution is -2.57.